The Labute approximate surface area is 117 Å². The molecule has 1 saturated carbocycles. The Hall–Kier alpha value is -0.830. The standard InChI is InChI=1S/C16H29N3/c1-17-16(10-8-14-6-4-3-5-7-14)11-9-15-12-18-19(2)13-15/h12-14,16-17H,3-11H2,1-2H3. The Morgan fingerprint density at radius 2 is 2.11 bits per heavy atom. The van der Waals surface area contributed by atoms with Crippen molar-refractivity contribution in [1.82, 2.24) is 15.1 Å². The lowest BCUT2D eigenvalue weighted by atomic mass is 9.85. The van der Waals surface area contributed by atoms with E-state index in [1.807, 2.05) is 17.9 Å². The molecule has 1 heterocycles. The first kappa shape index (κ1) is 14.6. The van der Waals surface area contributed by atoms with E-state index in [0.717, 1.165) is 12.3 Å². The zero-order valence-electron chi connectivity index (χ0n) is 12.6. The lowest BCUT2D eigenvalue weighted by Crippen LogP contribution is -2.26. The zero-order chi connectivity index (χ0) is 13.5. The molecule has 0 aliphatic heterocycles. The molecule has 1 aliphatic rings. The van der Waals surface area contributed by atoms with Gasteiger partial charge in [-0.1, -0.05) is 32.1 Å². The summed E-state index contributed by atoms with van der Waals surface area (Å²) in [6, 6.07) is 0.669. The summed E-state index contributed by atoms with van der Waals surface area (Å²) in [4.78, 5) is 0. The van der Waals surface area contributed by atoms with Gasteiger partial charge in [0.25, 0.3) is 0 Å². The lowest BCUT2D eigenvalue weighted by Gasteiger charge is -2.24. The molecule has 0 saturated heterocycles. The van der Waals surface area contributed by atoms with Gasteiger partial charge in [0.05, 0.1) is 6.20 Å². The predicted molar refractivity (Wildman–Crippen MR) is 80.2 cm³/mol. The molecule has 19 heavy (non-hydrogen) atoms. The second kappa shape index (κ2) is 7.68. The maximum Gasteiger partial charge on any atom is 0.0521 e. The molecule has 108 valence electrons. The normalized spacial score (nSPS) is 18.6. The average molecular weight is 263 g/mol. The van der Waals surface area contributed by atoms with Crippen LogP contribution in [0.4, 0.5) is 0 Å². The maximum absolute atomic E-state index is 4.24. The third kappa shape index (κ3) is 4.98. The highest BCUT2D eigenvalue weighted by Crippen LogP contribution is 2.28. The Kier molecular flexibility index (Phi) is 5.90. The smallest absolute Gasteiger partial charge is 0.0521 e. The van der Waals surface area contributed by atoms with Crippen molar-refractivity contribution in [3.05, 3.63) is 18.0 Å². The van der Waals surface area contributed by atoms with Crippen LogP contribution in [-0.2, 0) is 13.5 Å². The third-order valence-corrected chi connectivity index (χ3v) is 4.60. The van der Waals surface area contributed by atoms with Crippen molar-refractivity contribution in [3.8, 4) is 0 Å². The van der Waals surface area contributed by atoms with Crippen LogP contribution >= 0.6 is 0 Å². The quantitative estimate of drug-likeness (QED) is 0.818. The molecule has 3 nitrogen and oxygen atoms in total. The molecule has 0 radical (unpaired) electrons. The Morgan fingerprint density at radius 1 is 1.32 bits per heavy atom. The molecule has 0 bridgehead atoms. The molecular formula is C16H29N3. The van der Waals surface area contributed by atoms with E-state index in [9.17, 15) is 0 Å². The van der Waals surface area contributed by atoms with E-state index < -0.39 is 0 Å². The van der Waals surface area contributed by atoms with Crippen LogP contribution in [0.25, 0.3) is 0 Å². The molecule has 1 atom stereocenters. The molecule has 0 aromatic carbocycles. The van der Waals surface area contributed by atoms with Crippen LogP contribution in [0.5, 0.6) is 0 Å². The number of rotatable bonds is 7. The van der Waals surface area contributed by atoms with Crippen molar-refractivity contribution >= 4 is 0 Å². The molecule has 3 heteroatoms. The molecule has 1 aliphatic carbocycles. The van der Waals surface area contributed by atoms with Crippen LogP contribution in [0, 0.1) is 5.92 Å². The first-order valence-electron chi connectivity index (χ1n) is 7.92. The minimum Gasteiger partial charge on any atom is -0.317 e. The van der Waals surface area contributed by atoms with Gasteiger partial charge >= 0.3 is 0 Å². The monoisotopic (exact) mass is 263 g/mol. The van der Waals surface area contributed by atoms with Crippen molar-refractivity contribution < 1.29 is 0 Å². The van der Waals surface area contributed by atoms with Crippen LogP contribution in [0.1, 0.15) is 56.9 Å². The number of nitrogens with one attached hydrogen (secondary N) is 1. The first-order chi connectivity index (χ1) is 9.28. The van der Waals surface area contributed by atoms with E-state index in [1.54, 1.807) is 0 Å². The minimum atomic E-state index is 0.669. The van der Waals surface area contributed by atoms with E-state index in [0.29, 0.717) is 6.04 Å². The van der Waals surface area contributed by atoms with Gasteiger partial charge in [-0.05, 0) is 44.2 Å². The fourth-order valence-corrected chi connectivity index (χ4v) is 3.29. The lowest BCUT2D eigenvalue weighted by molar-refractivity contribution is 0.312. The predicted octanol–water partition coefficient (Wildman–Crippen LogP) is 3.30. The van der Waals surface area contributed by atoms with Crippen molar-refractivity contribution in [2.75, 3.05) is 7.05 Å². The molecule has 0 amide bonds. The minimum absolute atomic E-state index is 0.669. The number of aromatic nitrogens is 2. The van der Waals surface area contributed by atoms with Gasteiger partial charge in [0, 0.05) is 19.3 Å². The highest BCUT2D eigenvalue weighted by atomic mass is 15.2. The number of nitrogens with zero attached hydrogens (tertiary/aromatic N) is 2. The fraction of sp³-hybridized carbons (Fsp3) is 0.812. The summed E-state index contributed by atoms with van der Waals surface area (Å²) in [7, 11) is 4.09. The highest BCUT2D eigenvalue weighted by Gasteiger charge is 2.15. The highest BCUT2D eigenvalue weighted by molar-refractivity contribution is 5.03. The van der Waals surface area contributed by atoms with Crippen LogP contribution in [-0.4, -0.2) is 22.9 Å². The van der Waals surface area contributed by atoms with Gasteiger partial charge < -0.3 is 5.32 Å². The summed E-state index contributed by atoms with van der Waals surface area (Å²) in [5.74, 6) is 1.00. The van der Waals surface area contributed by atoms with E-state index in [-0.39, 0.29) is 0 Å². The second-order valence-electron chi connectivity index (χ2n) is 6.13. The summed E-state index contributed by atoms with van der Waals surface area (Å²) in [6.45, 7) is 0. The molecule has 1 unspecified atom stereocenters. The van der Waals surface area contributed by atoms with Gasteiger partial charge in [0.15, 0.2) is 0 Å². The summed E-state index contributed by atoms with van der Waals surface area (Å²) in [5.41, 5.74) is 1.36. The summed E-state index contributed by atoms with van der Waals surface area (Å²) < 4.78 is 1.89. The van der Waals surface area contributed by atoms with Gasteiger partial charge in [0.1, 0.15) is 0 Å². The van der Waals surface area contributed by atoms with Crippen molar-refractivity contribution in [2.45, 2.75) is 63.8 Å². The summed E-state index contributed by atoms with van der Waals surface area (Å²) in [6.07, 6.45) is 16.6. The Balaban J connectivity index is 1.67. The van der Waals surface area contributed by atoms with Gasteiger partial charge in [0.2, 0.25) is 0 Å². The maximum atomic E-state index is 4.24. The van der Waals surface area contributed by atoms with Gasteiger partial charge in [-0.25, -0.2) is 0 Å². The molecule has 1 N–H and O–H groups in total. The first-order valence-corrected chi connectivity index (χ1v) is 7.92. The van der Waals surface area contributed by atoms with Crippen LogP contribution in [0.3, 0.4) is 0 Å². The summed E-state index contributed by atoms with van der Waals surface area (Å²) in [5, 5.41) is 7.73. The molecular weight excluding hydrogens is 234 g/mol. The largest absolute Gasteiger partial charge is 0.317 e. The molecule has 2 rings (SSSR count). The van der Waals surface area contributed by atoms with Crippen LogP contribution < -0.4 is 5.32 Å². The van der Waals surface area contributed by atoms with E-state index in [4.69, 9.17) is 0 Å². The van der Waals surface area contributed by atoms with E-state index in [2.05, 4.69) is 23.7 Å². The second-order valence-corrected chi connectivity index (χ2v) is 6.13. The van der Waals surface area contributed by atoms with Crippen molar-refractivity contribution in [1.29, 1.82) is 0 Å². The Bertz CT molecular complexity index is 353. The summed E-state index contributed by atoms with van der Waals surface area (Å²) >= 11 is 0. The molecule has 1 aromatic heterocycles. The number of aryl methyl sites for hydroxylation is 2. The third-order valence-electron chi connectivity index (χ3n) is 4.60. The average Bonchev–Trinajstić information content (AvgIpc) is 2.86. The van der Waals surface area contributed by atoms with E-state index in [1.165, 1.54) is 56.9 Å². The SMILES string of the molecule is CNC(CCc1cnn(C)c1)CCC1CCCCC1. The molecule has 1 fully saturated rings. The Morgan fingerprint density at radius 3 is 2.74 bits per heavy atom. The van der Waals surface area contributed by atoms with Crippen LogP contribution in [0.15, 0.2) is 12.4 Å². The van der Waals surface area contributed by atoms with Crippen LogP contribution in [0.2, 0.25) is 0 Å². The number of hydrogen-bond donors (Lipinski definition) is 1. The fourth-order valence-electron chi connectivity index (χ4n) is 3.29. The molecule has 0 spiro atoms. The van der Waals surface area contributed by atoms with Gasteiger partial charge in [-0.15, -0.1) is 0 Å². The molecule has 1 aromatic rings. The van der Waals surface area contributed by atoms with Gasteiger partial charge in [-0.2, -0.15) is 5.10 Å². The zero-order valence-corrected chi connectivity index (χ0v) is 12.6. The van der Waals surface area contributed by atoms with E-state index >= 15 is 0 Å². The number of hydrogen-bond acceptors (Lipinski definition) is 2. The van der Waals surface area contributed by atoms with Gasteiger partial charge in [-0.3, -0.25) is 4.68 Å². The topological polar surface area (TPSA) is 29.9 Å². The van der Waals surface area contributed by atoms with Crippen molar-refractivity contribution in [2.24, 2.45) is 13.0 Å². The van der Waals surface area contributed by atoms with Crippen molar-refractivity contribution in [3.63, 3.8) is 0 Å².